The van der Waals surface area contributed by atoms with Gasteiger partial charge in [-0.2, -0.15) is 0 Å². The van der Waals surface area contributed by atoms with Crippen molar-refractivity contribution in [3.63, 3.8) is 0 Å². The van der Waals surface area contributed by atoms with E-state index < -0.39 is 12.0 Å². The van der Waals surface area contributed by atoms with Gasteiger partial charge in [-0.25, -0.2) is 14.0 Å². The van der Waals surface area contributed by atoms with Crippen LogP contribution >= 0.6 is 0 Å². The fraction of sp³-hybridized carbons (Fsp3) is 0.529. The molecule has 0 radical (unpaired) electrons. The molecule has 1 heterocycles. The number of hydrogen-bond acceptors (Lipinski definition) is 2. The predicted molar refractivity (Wildman–Crippen MR) is 83.8 cm³/mol. The van der Waals surface area contributed by atoms with Crippen molar-refractivity contribution in [1.29, 1.82) is 0 Å². The number of benzene rings is 1. The van der Waals surface area contributed by atoms with Crippen molar-refractivity contribution in [2.24, 2.45) is 5.92 Å². The van der Waals surface area contributed by atoms with Crippen LogP contribution in [0.2, 0.25) is 0 Å². The molecule has 1 saturated heterocycles. The minimum absolute atomic E-state index is 0.000230. The van der Waals surface area contributed by atoms with Crippen LogP contribution in [0.3, 0.4) is 0 Å². The molecule has 3 atom stereocenters. The Bertz CT molecular complexity index is 604. The number of amides is 2. The fourth-order valence-corrected chi connectivity index (χ4v) is 3.90. The summed E-state index contributed by atoms with van der Waals surface area (Å²) in [7, 11) is 1.60. The zero-order valence-electron chi connectivity index (χ0n) is 13.1. The minimum Gasteiger partial charge on any atom is -0.480 e. The molecule has 1 N–H and O–H groups in total. The van der Waals surface area contributed by atoms with Crippen LogP contribution in [0.4, 0.5) is 14.9 Å². The number of halogens is 1. The molecule has 1 aromatic rings. The molecule has 1 aliphatic carbocycles. The van der Waals surface area contributed by atoms with Gasteiger partial charge < -0.3 is 10.0 Å². The van der Waals surface area contributed by atoms with Crippen molar-refractivity contribution < 1.29 is 19.1 Å². The zero-order valence-corrected chi connectivity index (χ0v) is 13.1. The van der Waals surface area contributed by atoms with E-state index in [2.05, 4.69) is 0 Å². The van der Waals surface area contributed by atoms with E-state index in [1.807, 2.05) is 0 Å². The Morgan fingerprint density at radius 3 is 2.52 bits per heavy atom. The second-order valence-electron chi connectivity index (χ2n) is 6.43. The van der Waals surface area contributed by atoms with Gasteiger partial charge in [0, 0.05) is 18.8 Å². The molecule has 0 aromatic heterocycles. The second-order valence-corrected chi connectivity index (χ2v) is 6.43. The summed E-state index contributed by atoms with van der Waals surface area (Å²) in [6, 6.07) is 4.55. The summed E-state index contributed by atoms with van der Waals surface area (Å²) in [6.07, 6.45) is 4.50. The normalized spacial score (nSPS) is 26.7. The molecule has 1 aliphatic heterocycles. The molecule has 2 aliphatic rings. The highest BCUT2D eigenvalue weighted by atomic mass is 19.1. The summed E-state index contributed by atoms with van der Waals surface area (Å²) >= 11 is 0. The summed E-state index contributed by atoms with van der Waals surface area (Å²) in [4.78, 5) is 27.4. The molecule has 2 fully saturated rings. The molecule has 23 heavy (non-hydrogen) atoms. The van der Waals surface area contributed by atoms with Crippen LogP contribution in [0.1, 0.15) is 32.1 Å². The van der Waals surface area contributed by atoms with Gasteiger partial charge in [-0.1, -0.05) is 12.8 Å². The van der Waals surface area contributed by atoms with Gasteiger partial charge in [0.05, 0.1) is 0 Å². The third kappa shape index (κ3) is 2.90. The number of carbonyl (C=O) groups is 2. The lowest BCUT2D eigenvalue weighted by Gasteiger charge is -2.35. The van der Waals surface area contributed by atoms with E-state index in [0.29, 0.717) is 12.1 Å². The van der Waals surface area contributed by atoms with Crippen molar-refractivity contribution in [3.05, 3.63) is 30.1 Å². The molecule has 3 unspecified atom stereocenters. The number of fused-ring (bicyclic) bond motifs is 1. The molecule has 2 amide bonds. The van der Waals surface area contributed by atoms with E-state index in [1.165, 1.54) is 34.1 Å². The van der Waals surface area contributed by atoms with Crippen LogP contribution in [0.25, 0.3) is 0 Å². The largest absolute Gasteiger partial charge is 0.480 e. The maximum Gasteiger partial charge on any atom is 0.326 e. The maximum atomic E-state index is 13.0. The topological polar surface area (TPSA) is 60.9 Å². The highest BCUT2D eigenvalue weighted by molar-refractivity contribution is 5.94. The molecule has 0 bridgehead atoms. The molecule has 6 heteroatoms. The van der Waals surface area contributed by atoms with Crippen molar-refractivity contribution >= 4 is 17.7 Å². The van der Waals surface area contributed by atoms with Crippen molar-refractivity contribution in [2.45, 2.75) is 44.2 Å². The smallest absolute Gasteiger partial charge is 0.326 e. The van der Waals surface area contributed by atoms with E-state index in [1.54, 1.807) is 7.05 Å². The highest BCUT2D eigenvalue weighted by Crippen LogP contribution is 2.40. The third-order valence-corrected chi connectivity index (χ3v) is 5.09. The van der Waals surface area contributed by atoms with Crippen LogP contribution < -0.4 is 4.90 Å². The number of urea groups is 1. The van der Waals surface area contributed by atoms with E-state index in [4.69, 9.17) is 0 Å². The Kier molecular flexibility index (Phi) is 4.24. The summed E-state index contributed by atoms with van der Waals surface area (Å²) < 4.78 is 13.0. The number of carbonyl (C=O) groups excluding carboxylic acids is 1. The van der Waals surface area contributed by atoms with Crippen LogP contribution in [0, 0.1) is 11.7 Å². The Labute approximate surface area is 134 Å². The Hall–Kier alpha value is -2.11. The first-order chi connectivity index (χ1) is 11.0. The van der Waals surface area contributed by atoms with Crippen molar-refractivity contribution in [1.82, 2.24) is 4.90 Å². The average Bonchev–Trinajstić information content (AvgIpc) is 2.94. The maximum absolute atomic E-state index is 13.0. The van der Waals surface area contributed by atoms with E-state index in [-0.39, 0.29) is 23.8 Å². The number of carboxylic acid groups (broad SMARTS) is 1. The summed E-state index contributed by atoms with van der Waals surface area (Å²) in [5.74, 6) is -1.04. The number of carboxylic acids is 1. The SMILES string of the molecule is CN(C(=O)N1C(C(=O)O)CC2CCCCC21)c1ccc(F)cc1. The van der Waals surface area contributed by atoms with Gasteiger partial charge in [-0.3, -0.25) is 4.90 Å². The first-order valence-corrected chi connectivity index (χ1v) is 8.03. The standard InChI is InChI=1S/C17H21FN2O3/c1-19(13-8-6-12(18)7-9-13)17(23)20-14-5-3-2-4-11(14)10-15(20)16(21)22/h6-9,11,14-15H,2-5,10H2,1H3,(H,21,22). The summed E-state index contributed by atoms with van der Waals surface area (Å²) in [6.45, 7) is 0. The Balaban J connectivity index is 1.85. The highest BCUT2D eigenvalue weighted by Gasteiger charge is 2.48. The van der Waals surface area contributed by atoms with Crippen LogP contribution in [-0.2, 0) is 4.79 Å². The van der Waals surface area contributed by atoms with Gasteiger partial charge in [0.25, 0.3) is 0 Å². The van der Waals surface area contributed by atoms with Crippen molar-refractivity contribution in [2.75, 3.05) is 11.9 Å². The van der Waals surface area contributed by atoms with Crippen molar-refractivity contribution in [3.8, 4) is 0 Å². The van der Waals surface area contributed by atoms with Gasteiger partial charge in [0.15, 0.2) is 0 Å². The number of likely N-dealkylation sites (tertiary alicyclic amines) is 1. The lowest BCUT2D eigenvalue weighted by molar-refractivity contribution is -0.141. The van der Waals surface area contributed by atoms with Crippen LogP contribution in [-0.4, -0.2) is 41.1 Å². The van der Waals surface area contributed by atoms with Gasteiger partial charge in [-0.05, 0) is 49.4 Å². The number of rotatable bonds is 2. The lowest BCUT2D eigenvalue weighted by atomic mass is 9.85. The number of hydrogen-bond donors (Lipinski definition) is 1. The van der Waals surface area contributed by atoms with E-state index >= 15 is 0 Å². The first kappa shape index (κ1) is 15.8. The monoisotopic (exact) mass is 320 g/mol. The van der Waals surface area contributed by atoms with Crippen LogP contribution in [0.5, 0.6) is 0 Å². The second kappa shape index (κ2) is 6.18. The lowest BCUT2D eigenvalue weighted by Crippen LogP contribution is -2.51. The molecule has 5 nitrogen and oxygen atoms in total. The average molecular weight is 320 g/mol. The minimum atomic E-state index is -0.944. The zero-order chi connectivity index (χ0) is 16.6. The molecule has 1 saturated carbocycles. The molecule has 3 rings (SSSR count). The quantitative estimate of drug-likeness (QED) is 0.911. The Morgan fingerprint density at radius 1 is 1.22 bits per heavy atom. The number of nitrogens with zero attached hydrogens (tertiary/aromatic N) is 2. The van der Waals surface area contributed by atoms with Gasteiger partial charge in [0.2, 0.25) is 0 Å². The first-order valence-electron chi connectivity index (χ1n) is 8.03. The van der Waals surface area contributed by atoms with E-state index in [9.17, 15) is 19.1 Å². The van der Waals surface area contributed by atoms with Crippen LogP contribution in [0.15, 0.2) is 24.3 Å². The van der Waals surface area contributed by atoms with Gasteiger partial charge in [-0.15, -0.1) is 0 Å². The van der Waals surface area contributed by atoms with Gasteiger partial charge in [0.1, 0.15) is 11.9 Å². The predicted octanol–water partition coefficient (Wildman–Crippen LogP) is 3.10. The molecule has 1 aromatic carbocycles. The number of aliphatic carboxylic acids is 1. The molecular formula is C17H21FN2O3. The molecular weight excluding hydrogens is 299 g/mol. The third-order valence-electron chi connectivity index (χ3n) is 5.09. The Morgan fingerprint density at radius 2 is 1.87 bits per heavy atom. The fourth-order valence-electron chi connectivity index (χ4n) is 3.90. The molecule has 124 valence electrons. The van der Waals surface area contributed by atoms with Gasteiger partial charge >= 0.3 is 12.0 Å². The summed E-state index contributed by atoms with van der Waals surface area (Å²) in [5, 5.41) is 9.51. The van der Waals surface area contributed by atoms with E-state index in [0.717, 1.165) is 25.7 Å². The number of anilines is 1. The summed E-state index contributed by atoms with van der Waals surface area (Å²) in [5.41, 5.74) is 0.555. The molecule has 0 spiro atoms.